The highest BCUT2D eigenvalue weighted by Crippen LogP contribution is 2.30. The number of para-hydroxylation sites is 1. The van der Waals surface area contributed by atoms with Crippen molar-refractivity contribution in [3.63, 3.8) is 0 Å². The van der Waals surface area contributed by atoms with E-state index in [1.54, 1.807) is 25.7 Å². The Morgan fingerprint density at radius 3 is 2.92 bits per heavy atom. The molecule has 0 spiro atoms. The lowest BCUT2D eigenvalue weighted by Gasteiger charge is -2.07. The van der Waals surface area contributed by atoms with E-state index in [0.29, 0.717) is 34.2 Å². The zero-order chi connectivity index (χ0) is 17.9. The SMILES string of the molecule is COc1ccccc1-c1nnc(SCc2noc(-c3ccoc3)n2)n1N. The Morgan fingerprint density at radius 2 is 2.12 bits per heavy atom. The van der Waals surface area contributed by atoms with Gasteiger partial charge in [0.25, 0.3) is 5.89 Å². The zero-order valence-corrected chi connectivity index (χ0v) is 14.5. The highest BCUT2D eigenvalue weighted by molar-refractivity contribution is 7.98. The molecule has 0 aliphatic carbocycles. The fraction of sp³-hybridized carbons (Fsp3) is 0.125. The third-order valence-electron chi connectivity index (χ3n) is 3.58. The van der Waals surface area contributed by atoms with E-state index in [-0.39, 0.29) is 0 Å². The summed E-state index contributed by atoms with van der Waals surface area (Å²) in [5, 5.41) is 12.8. The summed E-state index contributed by atoms with van der Waals surface area (Å²) in [6.07, 6.45) is 3.09. The summed E-state index contributed by atoms with van der Waals surface area (Å²) in [6.45, 7) is 0. The average molecular weight is 370 g/mol. The van der Waals surface area contributed by atoms with Crippen molar-refractivity contribution in [3.05, 3.63) is 48.7 Å². The molecule has 4 rings (SSSR count). The standard InChI is InChI=1S/C16H14N6O3S/c1-23-12-5-3-2-4-11(12)14-19-20-16(22(14)17)26-9-13-18-15(25-21-13)10-6-7-24-8-10/h2-8H,9,17H2,1H3. The minimum Gasteiger partial charge on any atom is -0.496 e. The van der Waals surface area contributed by atoms with Crippen LogP contribution in [-0.2, 0) is 5.75 Å². The molecule has 26 heavy (non-hydrogen) atoms. The molecule has 0 aliphatic heterocycles. The van der Waals surface area contributed by atoms with Crippen LogP contribution in [0.4, 0.5) is 0 Å². The largest absolute Gasteiger partial charge is 0.496 e. The van der Waals surface area contributed by atoms with E-state index in [0.717, 1.165) is 11.1 Å². The quantitative estimate of drug-likeness (QED) is 0.403. The number of hydrogen-bond donors (Lipinski definition) is 1. The fourth-order valence-electron chi connectivity index (χ4n) is 2.33. The van der Waals surface area contributed by atoms with Crippen LogP contribution in [0, 0.1) is 0 Å². The Bertz CT molecular complexity index is 1010. The van der Waals surface area contributed by atoms with Gasteiger partial charge in [-0.05, 0) is 18.2 Å². The van der Waals surface area contributed by atoms with Gasteiger partial charge in [-0.25, -0.2) is 4.68 Å². The average Bonchev–Trinajstić information content (AvgIpc) is 3.41. The first kappa shape index (κ1) is 16.2. The van der Waals surface area contributed by atoms with Gasteiger partial charge in [-0.1, -0.05) is 29.1 Å². The third-order valence-corrected chi connectivity index (χ3v) is 4.52. The van der Waals surface area contributed by atoms with Crippen LogP contribution in [0.3, 0.4) is 0 Å². The van der Waals surface area contributed by atoms with Gasteiger partial charge in [-0.3, -0.25) is 0 Å². The molecule has 3 heterocycles. The third kappa shape index (κ3) is 3.02. The maximum atomic E-state index is 6.14. The van der Waals surface area contributed by atoms with E-state index in [1.807, 2.05) is 24.3 Å². The number of nitrogen functional groups attached to an aromatic ring is 1. The second kappa shape index (κ2) is 6.92. The number of hydrogen-bond acceptors (Lipinski definition) is 9. The maximum Gasteiger partial charge on any atom is 0.261 e. The molecule has 0 saturated carbocycles. The highest BCUT2D eigenvalue weighted by Gasteiger charge is 2.17. The molecule has 4 aromatic rings. The lowest BCUT2D eigenvalue weighted by atomic mass is 10.2. The van der Waals surface area contributed by atoms with Crippen molar-refractivity contribution in [1.29, 1.82) is 0 Å². The van der Waals surface area contributed by atoms with E-state index in [9.17, 15) is 0 Å². The molecule has 132 valence electrons. The van der Waals surface area contributed by atoms with Crippen LogP contribution in [0.1, 0.15) is 5.82 Å². The maximum absolute atomic E-state index is 6.14. The minimum atomic E-state index is 0.401. The number of furan rings is 1. The van der Waals surface area contributed by atoms with Crippen LogP contribution in [0.5, 0.6) is 5.75 Å². The van der Waals surface area contributed by atoms with Crippen LogP contribution < -0.4 is 10.6 Å². The van der Waals surface area contributed by atoms with E-state index in [2.05, 4.69) is 20.3 Å². The Labute approximate surface area is 152 Å². The first-order valence-corrected chi connectivity index (χ1v) is 8.56. The van der Waals surface area contributed by atoms with Crippen molar-refractivity contribution in [3.8, 4) is 28.6 Å². The van der Waals surface area contributed by atoms with Gasteiger partial charge >= 0.3 is 0 Å². The van der Waals surface area contributed by atoms with E-state index >= 15 is 0 Å². The number of thioether (sulfide) groups is 1. The molecule has 9 nitrogen and oxygen atoms in total. The monoisotopic (exact) mass is 370 g/mol. The van der Waals surface area contributed by atoms with Crippen LogP contribution in [0.15, 0.2) is 57.0 Å². The zero-order valence-electron chi connectivity index (χ0n) is 13.7. The minimum absolute atomic E-state index is 0.401. The van der Waals surface area contributed by atoms with Gasteiger partial charge in [-0.2, -0.15) is 4.98 Å². The van der Waals surface area contributed by atoms with E-state index in [4.69, 9.17) is 19.5 Å². The lowest BCUT2D eigenvalue weighted by Crippen LogP contribution is -2.12. The predicted octanol–water partition coefficient (Wildman–Crippen LogP) is 2.60. The second-order valence-electron chi connectivity index (χ2n) is 5.19. The van der Waals surface area contributed by atoms with Crippen molar-refractivity contribution >= 4 is 11.8 Å². The molecule has 0 amide bonds. The van der Waals surface area contributed by atoms with E-state index in [1.165, 1.54) is 16.4 Å². The highest BCUT2D eigenvalue weighted by atomic mass is 32.2. The molecular formula is C16H14N6O3S. The molecule has 3 aromatic heterocycles. The number of benzene rings is 1. The molecule has 0 fully saturated rings. The van der Waals surface area contributed by atoms with Crippen molar-refractivity contribution in [2.24, 2.45) is 0 Å². The van der Waals surface area contributed by atoms with Gasteiger partial charge in [0.1, 0.15) is 12.0 Å². The lowest BCUT2D eigenvalue weighted by molar-refractivity contribution is 0.416. The van der Waals surface area contributed by atoms with Crippen molar-refractivity contribution in [2.75, 3.05) is 13.0 Å². The Morgan fingerprint density at radius 1 is 1.23 bits per heavy atom. The van der Waals surface area contributed by atoms with Gasteiger partial charge in [0.15, 0.2) is 11.6 Å². The summed E-state index contributed by atoms with van der Waals surface area (Å²) in [7, 11) is 1.60. The Kier molecular flexibility index (Phi) is 4.32. The number of methoxy groups -OCH3 is 1. The summed E-state index contributed by atoms with van der Waals surface area (Å²) >= 11 is 1.35. The van der Waals surface area contributed by atoms with Gasteiger partial charge in [0, 0.05) is 0 Å². The number of ether oxygens (including phenoxy) is 1. The fourth-order valence-corrected chi connectivity index (χ4v) is 3.03. The van der Waals surface area contributed by atoms with Crippen molar-refractivity contribution in [1.82, 2.24) is 25.0 Å². The topological polar surface area (TPSA) is 118 Å². The molecular weight excluding hydrogens is 356 g/mol. The molecule has 2 N–H and O–H groups in total. The second-order valence-corrected chi connectivity index (χ2v) is 6.14. The molecule has 1 aromatic carbocycles. The summed E-state index contributed by atoms with van der Waals surface area (Å²) in [5.41, 5.74) is 1.49. The molecule has 0 radical (unpaired) electrons. The molecule has 0 saturated heterocycles. The smallest absolute Gasteiger partial charge is 0.261 e. The Balaban J connectivity index is 1.51. The van der Waals surface area contributed by atoms with Crippen LogP contribution in [-0.4, -0.2) is 32.1 Å². The first-order chi connectivity index (χ1) is 12.8. The van der Waals surface area contributed by atoms with Crippen molar-refractivity contribution in [2.45, 2.75) is 10.9 Å². The van der Waals surface area contributed by atoms with Crippen LogP contribution in [0.25, 0.3) is 22.8 Å². The van der Waals surface area contributed by atoms with Gasteiger partial charge in [-0.15, -0.1) is 10.2 Å². The van der Waals surface area contributed by atoms with E-state index < -0.39 is 0 Å². The van der Waals surface area contributed by atoms with Crippen molar-refractivity contribution < 1.29 is 13.7 Å². The van der Waals surface area contributed by atoms with Gasteiger partial charge in [0.2, 0.25) is 5.16 Å². The predicted molar refractivity (Wildman–Crippen MR) is 93.7 cm³/mol. The molecule has 0 bridgehead atoms. The van der Waals surface area contributed by atoms with Gasteiger partial charge in [0.05, 0.1) is 30.3 Å². The number of aromatic nitrogens is 5. The van der Waals surface area contributed by atoms with Gasteiger partial charge < -0.3 is 19.5 Å². The summed E-state index contributed by atoms with van der Waals surface area (Å²) in [6, 6.07) is 9.23. The first-order valence-electron chi connectivity index (χ1n) is 7.58. The summed E-state index contributed by atoms with van der Waals surface area (Å²) in [4.78, 5) is 4.31. The molecule has 10 heteroatoms. The number of nitrogens with two attached hydrogens (primary N) is 1. The molecule has 0 unspecified atom stereocenters. The molecule has 0 aliphatic rings. The number of nitrogens with zero attached hydrogens (tertiary/aromatic N) is 5. The summed E-state index contributed by atoms with van der Waals surface area (Å²) < 4.78 is 17.0. The summed E-state index contributed by atoms with van der Waals surface area (Å²) in [5.74, 6) is 8.68. The molecule has 0 atom stereocenters. The Hall–Kier alpha value is -3.27. The number of rotatable bonds is 6. The normalized spacial score (nSPS) is 11.0. The van der Waals surface area contributed by atoms with Crippen LogP contribution >= 0.6 is 11.8 Å². The van der Waals surface area contributed by atoms with Crippen LogP contribution in [0.2, 0.25) is 0 Å².